The highest BCUT2D eigenvalue weighted by Gasteiger charge is 2.37. The van der Waals surface area contributed by atoms with E-state index in [1.54, 1.807) is 0 Å². The fourth-order valence-corrected chi connectivity index (χ4v) is 1.18. The van der Waals surface area contributed by atoms with E-state index in [1.807, 2.05) is 0 Å². The molecule has 1 aromatic rings. The van der Waals surface area contributed by atoms with Gasteiger partial charge in [-0.05, 0) is 33.6 Å². The van der Waals surface area contributed by atoms with Crippen LogP contribution < -0.4 is 0 Å². The average molecular weight is 285 g/mol. The number of hydrogen-bond acceptors (Lipinski definition) is 1. The van der Waals surface area contributed by atoms with Crippen LogP contribution in [-0.2, 0) is 11.2 Å². The first kappa shape index (κ1) is 12.2. The van der Waals surface area contributed by atoms with Gasteiger partial charge < -0.3 is 0 Å². The number of halogens is 5. The Balaban J connectivity index is 2.83. The highest BCUT2D eigenvalue weighted by Crippen LogP contribution is 2.21. The van der Waals surface area contributed by atoms with Gasteiger partial charge in [0.1, 0.15) is 5.82 Å². The summed E-state index contributed by atoms with van der Waals surface area (Å²) in [5, 5.41) is 0. The maximum atomic E-state index is 12.9. The summed E-state index contributed by atoms with van der Waals surface area (Å²) in [7, 11) is 0. The maximum absolute atomic E-state index is 12.9. The lowest BCUT2D eigenvalue weighted by Crippen LogP contribution is -2.24. The van der Waals surface area contributed by atoms with Gasteiger partial charge in [0.25, 0.3) is 0 Å². The molecule has 0 aliphatic heterocycles. The monoisotopic (exact) mass is 284 g/mol. The lowest BCUT2D eigenvalue weighted by molar-refractivity contribution is -0.170. The topological polar surface area (TPSA) is 17.1 Å². The molecule has 0 bridgehead atoms. The van der Waals surface area contributed by atoms with Crippen LogP contribution in [0.1, 0.15) is 5.56 Å². The summed E-state index contributed by atoms with van der Waals surface area (Å²) in [5.41, 5.74) is -0.00183. The average Bonchev–Trinajstić information content (AvgIpc) is 2.10. The molecule has 6 heteroatoms. The Kier molecular flexibility index (Phi) is 3.49. The predicted molar refractivity (Wildman–Crippen MR) is 48.9 cm³/mol. The van der Waals surface area contributed by atoms with Crippen molar-refractivity contribution >= 4 is 21.7 Å². The van der Waals surface area contributed by atoms with Crippen LogP contribution in [-0.4, -0.2) is 12.0 Å². The molecule has 1 rings (SSSR count). The predicted octanol–water partition coefficient (Wildman–Crippen LogP) is 3.26. The number of ketones is 1. The summed E-state index contributed by atoms with van der Waals surface area (Å²) in [6.45, 7) is 0. The number of hydrogen-bond donors (Lipinski definition) is 0. The lowest BCUT2D eigenvalue weighted by Gasteiger charge is -2.05. The number of Topliss-reactive ketones (excluding diaryl/α,β-unsaturated/α-hetero) is 1. The summed E-state index contributed by atoms with van der Waals surface area (Å²) in [6.07, 6.45) is -5.71. The third-order valence-electron chi connectivity index (χ3n) is 1.66. The molecule has 0 N–H and O–H groups in total. The molecule has 0 atom stereocenters. The SMILES string of the molecule is O=C(Cc1ccc(Br)c(F)c1)C(F)(F)F. The van der Waals surface area contributed by atoms with Crippen molar-refractivity contribution < 1.29 is 22.4 Å². The first-order valence-electron chi connectivity index (χ1n) is 3.84. The van der Waals surface area contributed by atoms with Gasteiger partial charge in [-0.2, -0.15) is 13.2 Å². The summed E-state index contributed by atoms with van der Waals surface area (Å²) in [4.78, 5) is 10.6. The van der Waals surface area contributed by atoms with Gasteiger partial charge in [0.05, 0.1) is 4.47 Å². The van der Waals surface area contributed by atoms with Crippen molar-refractivity contribution in [3.63, 3.8) is 0 Å². The summed E-state index contributed by atoms with van der Waals surface area (Å²) in [6, 6.07) is 3.42. The van der Waals surface area contributed by atoms with Crippen molar-refractivity contribution in [2.24, 2.45) is 0 Å². The third kappa shape index (κ3) is 3.30. The molecule has 0 unspecified atom stereocenters. The molecule has 0 aromatic heterocycles. The van der Waals surface area contributed by atoms with Crippen LogP contribution in [0.4, 0.5) is 17.6 Å². The van der Waals surface area contributed by atoms with E-state index < -0.39 is 24.2 Å². The second-order valence-corrected chi connectivity index (χ2v) is 3.70. The molecule has 1 nitrogen and oxygen atoms in total. The van der Waals surface area contributed by atoms with Crippen LogP contribution >= 0.6 is 15.9 Å². The van der Waals surface area contributed by atoms with E-state index in [2.05, 4.69) is 15.9 Å². The number of carbonyl (C=O) groups is 1. The van der Waals surface area contributed by atoms with Gasteiger partial charge in [-0.25, -0.2) is 4.39 Å². The number of carbonyl (C=O) groups excluding carboxylic acids is 1. The molecule has 0 radical (unpaired) electrons. The first-order valence-corrected chi connectivity index (χ1v) is 4.64. The normalized spacial score (nSPS) is 11.5. The molecule has 0 aliphatic carbocycles. The first-order chi connectivity index (χ1) is 6.80. The summed E-state index contributed by atoms with van der Waals surface area (Å²) in [5.74, 6) is -2.58. The molecule has 1 aromatic carbocycles. The number of benzene rings is 1. The van der Waals surface area contributed by atoms with Gasteiger partial charge in [-0.1, -0.05) is 6.07 Å². The van der Waals surface area contributed by atoms with E-state index in [-0.39, 0.29) is 10.0 Å². The van der Waals surface area contributed by atoms with Crippen molar-refractivity contribution in [3.8, 4) is 0 Å². The third-order valence-corrected chi connectivity index (χ3v) is 2.31. The quantitative estimate of drug-likeness (QED) is 0.762. The van der Waals surface area contributed by atoms with Gasteiger partial charge in [-0.3, -0.25) is 4.79 Å². The van der Waals surface area contributed by atoms with Crippen LogP contribution in [0.25, 0.3) is 0 Å². The smallest absolute Gasteiger partial charge is 0.289 e. The molecule has 0 amide bonds. The van der Waals surface area contributed by atoms with E-state index in [9.17, 15) is 22.4 Å². The Hall–Kier alpha value is -0.910. The molecule has 82 valence electrons. The second-order valence-electron chi connectivity index (χ2n) is 2.85. The molecular weight excluding hydrogens is 280 g/mol. The Morgan fingerprint density at radius 3 is 2.40 bits per heavy atom. The van der Waals surface area contributed by atoms with Crippen LogP contribution in [0.5, 0.6) is 0 Å². The van der Waals surface area contributed by atoms with E-state index in [0.717, 1.165) is 6.07 Å². The second kappa shape index (κ2) is 4.30. The fraction of sp³-hybridized carbons (Fsp3) is 0.222. The van der Waals surface area contributed by atoms with Crippen LogP contribution in [0.15, 0.2) is 22.7 Å². The van der Waals surface area contributed by atoms with Crippen LogP contribution in [0.3, 0.4) is 0 Å². The van der Waals surface area contributed by atoms with Crippen LogP contribution in [0, 0.1) is 5.82 Å². The zero-order chi connectivity index (χ0) is 11.6. The molecule has 0 heterocycles. The molecule has 0 saturated carbocycles. The zero-order valence-electron chi connectivity index (χ0n) is 7.24. The minimum Gasteiger partial charge on any atom is -0.289 e. The van der Waals surface area contributed by atoms with Gasteiger partial charge in [0, 0.05) is 6.42 Å². The van der Waals surface area contributed by atoms with Crippen molar-refractivity contribution in [1.82, 2.24) is 0 Å². The minimum atomic E-state index is -4.87. The number of alkyl halides is 3. The van der Waals surface area contributed by atoms with E-state index >= 15 is 0 Å². The molecule has 0 aliphatic rings. The molecule has 0 saturated heterocycles. The minimum absolute atomic E-state index is 0.00183. The van der Waals surface area contributed by atoms with E-state index in [1.165, 1.54) is 12.1 Å². The highest BCUT2D eigenvalue weighted by molar-refractivity contribution is 9.10. The molecule has 0 fully saturated rings. The maximum Gasteiger partial charge on any atom is 0.450 e. The Morgan fingerprint density at radius 1 is 1.33 bits per heavy atom. The Morgan fingerprint density at radius 2 is 1.93 bits per heavy atom. The molecule has 15 heavy (non-hydrogen) atoms. The van der Waals surface area contributed by atoms with E-state index in [4.69, 9.17) is 0 Å². The largest absolute Gasteiger partial charge is 0.450 e. The van der Waals surface area contributed by atoms with Gasteiger partial charge in [0.15, 0.2) is 0 Å². The zero-order valence-corrected chi connectivity index (χ0v) is 8.82. The summed E-state index contributed by atoms with van der Waals surface area (Å²) < 4.78 is 48.6. The van der Waals surface area contributed by atoms with Crippen LogP contribution in [0.2, 0.25) is 0 Å². The van der Waals surface area contributed by atoms with E-state index in [0.29, 0.717) is 0 Å². The highest BCUT2D eigenvalue weighted by atomic mass is 79.9. The van der Waals surface area contributed by atoms with Gasteiger partial charge in [-0.15, -0.1) is 0 Å². The Labute approximate surface area is 91.2 Å². The summed E-state index contributed by atoms with van der Waals surface area (Å²) >= 11 is 2.85. The molecular formula is C9H5BrF4O. The number of rotatable bonds is 2. The van der Waals surface area contributed by atoms with Crippen molar-refractivity contribution in [3.05, 3.63) is 34.1 Å². The van der Waals surface area contributed by atoms with Crippen molar-refractivity contribution in [1.29, 1.82) is 0 Å². The van der Waals surface area contributed by atoms with Gasteiger partial charge in [0.2, 0.25) is 5.78 Å². The van der Waals surface area contributed by atoms with Gasteiger partial charge >= 0.3 is 6.18 Å². The Bertz CT molecular complexity index is 386. The van der Waals surface area contributed by atoms with Crippen molar-refractivity contribution in [2.45, 2.75) is 12.6 Å². The van der Waals surface area contributed by atoms with Crippen molar-refractivity contribution in [2.75, 3.05) is 0 Å². The fourth-order valence-electron chi connectivity index (χ4n) is 0.935. The lowest BCUT2D eigenvalue weighted by atomic mass is 10.1. The standard InChI is InChI=1S/C9H5BrF4O/c10-6-2-1-5(3-7(6)11)4-8(15)9(12,13)14/h1-3H,4H2. The molecule has 0 spiro atoms.